The van der Waals surface area contributed by atoms with E-state index in [2.05, 4.69) is 63.0 Å². The molecule has 1 fully saturated rings. The highest BCUT2D eigenvalue weighted by atomic mass is 16.7. The van der Waals surface area contributed by atoms with Crippen molar-refractivity contribution in [3.63, 3.8) is 0 Å². The number of carbonyl (C=O) groups excluding carboxylic acids is 4. The van der Waals surface area contributed by atoms with Crippen molar-refractivity contribution in [3.8, 4) is 0 Å². The minimum atomic E-state index is -0.798. The van der Waals surface area contributed by atoms with Gasteiger partial charge in [-0.2, -0.15) is 0 Å². The summed E-state index contributed by atoms with van der Waals surface area (Å²) >= 11 is 0. The van der Waals surface area contributed by atoms with Gasteiger partial charge in [-0.3, -0.25) is 14.4 Å². The van der Waals surface area contributed by atoms with E-state index in [1.807, 2.05) is 6.08 Å². The Hall–Kier alpha value is -3.22. The van der Waals surface area contributed by atoms with Crippen LogP contribution in [0, 0.1) is 11.8 Å². The van der Waals surface area contributed by atoms with Gasteiger partial charge in [0.1, 0.15) is 19.8 Å². The van der Waals surface area contributed by atoms with Crippen molar-refractivity contribution < 1.29 is 52.3 Å². The summed E-state index contributed by atoms with van der Waals surface area (Å²) in [6.07, 6.45) is 28.4. The Bertz CT molecular complexity index is 1150. The minimum absolute atomic E-state index is 0.0817. The smallest absolute Gasteiger partial charge is 0.465 e. The zero-order valence-electron chi connectivity index (χ0n) is 38.1. The van der Waals surface area contributed by atoms with Crippen molar-refractivity contribution in [2.24, 2.45) is 11.8 Å². The van der Waals surface area contributed by atoms with E-state index in [9.17, 15) is 19.2 Å². The topological polar surface area (TPSA) is 136 Å². The van der Waals surface area contributed by atoms with Gasteiger partial charge in [-0.05, 0) is 103 Å². The predicted molar refractivity (Wildman–Crippen MR) is 236 cm³/mol. The molecule has 1 aliphatic heterocycles. The summed E-state index contributed by atoms with van der Waals surface area (Å²) in [7, 11) is 0. The summed E-state index contributed by atoms with van der Waals surface area (Å²) in [5.41, 5.74) is 0. The summed E-state index contributed by atoms with van der Waals surface area (Å²) in [6.45, 7) is 12.8. The van der Waals surface area contributed by atoms with Crippen LogP contribution in [0.4, 0.5) is 4.79 Å². The van der Waals surface area contributed by atoms with Crippen LogP contribution in [0.2, 0.25) is 0 Å². The lowest BCUT2D eigenvalue weighted by atomic mass is 9.99. The molecule has 2 unspecified atom stereocenters. The maximum atomic E-state index is 13.0. The fraction of sp³-hybridized carbons (Fsp3) is 0.792. The molecule has 1 aliphatic rings. The third kappa shape index (κ3) is 33.5. The number of piperidine rings is 1. The number of rotatable bonds is 38. The molecule has 2 atom stereocenters. The molecule has 0 aromatic rings. The molecule has 0 aromatic carbocycles. The highest BCUT2D eigenvalue weighted by Gasteiger charge is 2.23. The maximum absolute atomic E-state index is 13.0. The maximum Gasteiger partial charge on any atom is 0.508 e. The first-order chi connectivity index (χ1) is 29.3. The zero-order valence-corrected chi connectivity index (χ0v) is 38.1. The first-order valence-corrected chi connectivity index (χ1v) is 23.5. The third-order valence-electron chi connectivity index (χ3n) is 10.1. The van der Waals surface area contributed by atoms with Crippen molar-refractivity contribution >= 4 is 24.1 Å². The van der Waals surface area contributed by atoms with Gasteiger partial charge in [0.15, 0.2) is 6.29 Å². The van der Waals surface area contributed by atoms with E-state index in [4.69, 9.17) is 33.2 Å². The molecule has 60 heavy (non-hydrogen) atoms. The molecule has 0 spiro atoms. The lowest BCUT2D eigenvalue weighted by molar-refractivity contribution is -0.161. The van der Waals surface area contributed by atoms with Crippen LogP contribution in [0.5, 0.6) is 0 Å². The van der Waals surface area contributed by atoms with Crippen LogP contribution in [-0.4, -0.2) is 101 Å². The molecule has 0 aliphatic carbocycles. The number of likely N-dealkylation sites (tertiary alicyclic amines) is 1. The second-order valence-electron chi connectivity index (χ2n) is 15.6. The Balaban J connectivity index is 2.60. The molecule has 12 nitrogen and oxygen atoms in total. The second-order valence-corrected chi connectivity index (χ2v) is 15.6. The van der Waals surface area contributed by atoms with Crippen LogP contribution < -0.4 is 0 Å². The third-order valence-corrected chi connectivity index (χ3v) is 10.1. The molecule has 0 aromatic heterocycles. The van der Waals surface area contributed by atoms with Gasteiger partial charge in [0.25, 0.3) is 0 Å². The number of hydrogen-bond donors (Lipinski definition) is 0. The second kappa shape index (κ2) is 39.9. The van der Waals surface area contributed by atoms with E-state index in [0.29, 0.717) is 58.3 Å². The molecule has 346 valence electrons. The fourth-order valence-electron chi connectivity index (χ4n) is 6.46. The van der Waals surface area contributed by atoms with Gasteiger partial charge in [0, 0.05) is 44.9 Å². The first-order valence-electron chi connectivity index (χ1n) is 23.5. The standard InChI is InChI=1S/C48H83NO11/c1-5-9-12-15-18-24-34-54-44(50)29-22-21-23-30-45(51)57-39-43(41-60-48(53)59-38-42-28-27-33-49(8-4)37-42)40-58-46(52)31-32-47(55-35-25-19-16-13-10-6-2)56-36-26-20-17-14-11-7-3/h10-11,13-15,18,42-43,47H,5-9,12,16-17,19-41H2,1-4H3/b13-10-,14-11-,18-15-. The zero-order chi connectivity index (χ0) is 43.7. The quantitative estimate of drug-likeness (QED) is 0.0192. The SMILES string of the molecule is CC/C=C\CCCCOC(CCC(=O)OCC(COC(=O)CCCCCC(=O)OCC/C=C\CCCC)COC(=O)OCC1CCCN(CC)C1)OCCCC/C=C\CC. The Kier molecular flexibility index (Phi) is 36.4. The molecule has 0 radical (unpaired) electrons. The number of ether oxygens (including phenoxy) is 7. The molecule has 0 bridgehead atoms. The van der Waals surface area contributed by atoms with Crippen molar-refractivity contribution in [1.29, 1.82) is 0 Å². The number of carbonyl (C=O) groups is 4. The van der Waals surface area contributed by atoms with Crippen molar-refractivity contribution in [2.75, 3.05) is 65.9 Å². The number of hydrogen-bond acceptors (Lipinski definition) is 12. The molecular formula is C48H83NO11. The number of allylic oxidation sites excluding steroid dienone is 5. The summed E-state index contributed by atoms with van der Waals surface area (Å²) < 4.78 is 39.4. The van der Waals surface area contributed by atoms with Gasteiger partial charge in [0.2, 0.25) is 0 Å². The highest BCUT2D eigenvalue weighted by molar-refractivity contribution is 5.70. The Labute approximate surface area is 363 Å². The molecule has 1 rings (SSSR count). The van der Waals surface area contributed by atoms with Crippen molar-refractivity contribution in [2.45, 2.75) is 169 Å². The average Bonchev–Trinajstić information content (AvgIpc) is 3.25. The molecule has 1 heterocycles. The Morgan fingerprint density at radius 2 is 1.15 bits per heavy atom. The van der Waals surface area contributed by atoms with Gasteiger partial charge in [-0.25, -0.2) is 4.79 Å². The van der Waals surface area contributed by atoms with Gasteiger partial charge < -0.3 is 38.1 Å². The normalized spacial score (nSPS) is 15.2. The van der Waals surface area contributed by atoms with E-state index in [1.54, 1.807) is 0 Å². The van der Waals surface area contributed by atoms with E-state index >= 15 is 0 Å². The van der Waals surface area contributed by atoms with Crippen molar-refractivity contribution in [1.82, 2.24) is 4.90 Å². The van der Waals surface area contributed by atoms with Crippen LogP contribution in [-0.2, 0) is 47.5 Å². The van der Waals surface area contributed by atoms with Gasteiger partial charge >= 0.3 is 24.1 Å². The Morgan fingerprint density at radius 3 is 1.77 bits per heavy atom. The summed E-state index contributed by atoms with van der Waals surface area (Å²) in [5.74, 6) is -1.42. The molecule has 0 saturated carbocycles. The largest absolute Gasteiger partial charge is 0.508 e. The average molecular weight is 850 g/mol. The minimum Gasteiger partial charge on any atom is -0.465 e. The van der Waals surface area contributed by atoms with E-state index < -0.39 is 30.3 Å². The number of esters is 3. The Morgan fingerprint density at radius 1 is 0.583 bits per heavy atom. The van der Waals surface area contributed by atoms with Crippen LogP contribution in [0.3, 0.4) is 0 Å². The van der Waals surface area contributed by atoms with Crippen LogP contribution in [0.1, 0.15) is 163 Å². The van der Waals surface area contributed by atoms with Crippen LogP contribution >= 0.6 is 0 Å². The highest BCUT2D eigenvalue weighted by Crippen LogP contribution is 2.17. The van der Waals surface area contributed by atoms with E-state index in [-0.39, 0.29) is 51.2 Å². The van der Waals surface area contributed by atoms with Crippen LogP contribution in [0.15, 0.2) is 36.5 Å². The van der Waals surface area contributed by atoms with Crippen molar-refractivity contribution in [3.05, 3.63) is 36.5 Å². The molecular weight excluding hydrogens is 767 g/mol. The summed E-state index contributed by atoms with van der Waals surface area (Å²) in [4.78, 5) is 52.5. The van der Waals surface area contributed by atoms with E-state index in [0.717, 1.165) is 103 Å². The van der Waals surface area contributed by atoms with Crippen LogP contribution in [0.25, 0.3) is 0 Å². The first kappa shape index (κ1) is 54.8. The van der Waals surface area contributed by atoms with Gasteiger partial charge in [0.05, 0.1) is 25.6 Å². The molecule has 0 N–H and O–H groups in total. The lowest BCUT2D eigenvalue weighted by Gasteiger charge is -2.31. The monoisotopic (exact) mass is 850 g/mol. The van der Waals surface area contributed by atoms with E-state index in [1.165, 1.54) is 0 Å². The number of unbranched alkanes of at least 4 members (excludes halogenated alkanes) is 8. The molecule has 1 saturated heterocycles. The fourth-order valence-corrected chi connectivity index (χ4v) is 6.46. The van der Waals surface area contributed by atoms with Gasteiger partial charge in [-0.1, -0.05) is 83.4 Å². The summed E-state index contributed by atoms with van der Waals surface area (Å²) in [5, 5.41) is 0. The van der Waals surface area contributed by atoms with Gasteiger partial charge in [-0.15, -0.1) is 0 Å². The molecule has 12 heteroatoms. The lowest BCUT2D eigenvalue weighted by Crippen LogP contribution is -2.37. The number of nitrogens with zero attached hydrogens (tertiary/aromatic N) is 1. The molecule has 0 amide bonds. The summed E-state index contributed by atoms with van der Waals surface area (Å²) in [6, 6.07) is 0. The predicted octanol–water partition coefficient (Wildman–Crippen LogP) is 10.6.